The molecule has 2 aromatic rings. The number of carbonyl (C=O) groups excluding carboxylic acids is 2. The highest BCUT2D eigenvalue weighted by Crippen LogP contribution is 2.26. The quantitative estimate of drug-likeness (QED) is 0.562. The number of hydrogen-bond donors (Lipinski definition) is 1. The van der Waals surface area contributed by atoms with Gasteiger partial charge in [-0.25, -0.2) is 13.2 Å². The third-order valence-electron chi connectivity index (χ3n) is 4.79. The summed E-state index contributed by atoms with van der Waals surface area (Å²) in [4.78, 5) is 24.4. The topological polar surface area (TPSA) is 92.8 Å². The number of para-hydroxylation sites is 1. The van der Waals surface area contributed by atoms with Crippen molar-refractivity contribution >= 4 is 27.6 Å². The fourth-order valence-corrected chi connectivity index (χ4v) is 4.97. The van der Waals surface area contributed by atoms with Crippen molar-refractivity contribution in [3.05, 3.63) is 59.7 Å². The van der Waals surface area contributed by atoms with Crippen molar-refractivity contribution in [2.75, 3.05) is 17.5 Å². The predicted molar refractivity (Wildman–Crippen MR) is 121 cm³/mol. The minimum absolute atomic E-state index is 0.00895. The third kappa shape index (κ3) is 6.30. The Hall–Kier alpha value is -2.87. The van der Waals surface area contributed by atoms with Crippen molar-refractivity contribution in [1.82, 2.24) is 5.32 Å². The number of anilines is 1. The van der Waals surface area contributed by atoms with Gasteiger partial charge in [-0.1, -0.05) is 37.6 Å². The molecule has 0 spiro atoms. The van der Waals surface area contributed by atoms with Crippen molar-refractivity contribution in [2.24, 2.45) is 0 Å². The maximum absolute atomic E-state index is 13.3. The number of aryl methyl sites for hydroxylation is 1. The molecule has 0 saturated heterocycles. The van der Waals surface area contributed by atoms with Gasteiger partial charge in [0.05, 0.1) is 16.1 Å². The van der Waals surface area contributed by atoms with Gasteiger partial charge < -0.3 is 10.1 Å². The molecule has 0 aliphatic carbocycles. The van der Waals surface area contributed by atoms with E-state index in [2.05, 4.69) is 5.32 Å². The number of rotatable bonds is 10. The molecular formula is C23H30N2O5S. The Kier molecular flexibility index (Phi) is 8.62. The van der Waals surface area contributed by atoms with Gasteiger partial charge in [-0.2, -0.15) is 0 Å². The van der Waals surface area contributed by atoms with Crippen LogP contribution in [-0.4, -0.2) is 39.5 Å². The van der Waals surface area contributed by atoms with Crippen LogP contribution >= 0.6 is 0 Å². The summed E-state index contributed by atoms with van der Waals surface area (Å²) in [6, 6.07) is 13.1. The number of esters is 1. The van der Waals surface area contributed by atoms with Crippen LogP contribution in [0.2, 0.25) is 0 Å². The number of benzene rings is 2. The largest absolute Gasteiger partial charge is 0.452 e. The minimum atomic E-state index is -3.90. The Labute approximate surface area is 184 Å². The molecule has 1 amide bonds. The zero-order chi connectivity index (χ0) is 23.0. The van der Waals surface area contributed by atoms with Crippen LogP contribution < -0.4 is 9.62 Å². The predicted octanol–water partition coefficient (Wildman–Crippen LogP) is 3.67. The van der Waals surface area contributed by atoms with Crippen molar-refractivity contribution in [2.45, 2.75) is 51.5 Å². The summed E-state index contributed by atoms with van der Waals surface area (Å²) < 4.78 is 33.0. The summed E-state index contributed by atoms with van der Waals surface area (Å²) >= 11 is 0. The second kappa shape index (κ2) is 10.9. The summed E-state index contributed by atoms with van der Waals surface area (Å²) in [6.07, 6.45) is 1.76. The molecule has 1 atom stereocenters. The number of sulfonamides is 1. The van der Waals surface area contributed by atoms with Gasteiger partial charge in [0.15, 0.2) is 6.61 Å². The summed E-state index contributed by atoms with van der Waals surface area (Å²) in [5.74, 6) is -1.15. The number of nitrogens with one attached hydrogen (secondary N) is 1. The van der Waals surface area contributed by atoms with Gasteiger partial charge in [0.1, 0.15) is 0 Å². The van der Waals surface area contributed by atoms with E-state index in [1.807, 2.05) is 19.9 Å². The van der Waals surface area contributed by atoms with Gasteiger partial charge in [-0.15, -0.1) is 0 Å². The first kappa shape index (κ1) is 24.4. The van der Waals surface area contributed by atoms with Gasteiger partial charge in [0, 0.05) is 12.6 Å². The Morgan fingerprint density at radius 3 is 2.39 bits per heavy atom. The standard InChI is InChI=1S/C23H30N2O5S/c1-5-10-18(4)24-22(26)16-30-23(27)19-14-13-17(3)21(15-19)31(28,29)25(6-2)20-11-8-7-9-12-20/h7-9,11-15,18H,5-6,10,16H2,1-4H3,(H,24,26)/t18-/m0/s1. The monoisotopic (exact) mass is 446 g/mol. The van der Waals surface area contributed by atoms with Crippen molar-refractivity contribution in [3.8, 4) is 0 Å². The minimum Gasteiger partial charge on any atom is -0.452 e. The van der Waals surface area contributed by atoms with E-state index in [0.717, 1.165) is 12.8 Å². The average molecular weight is 447 g/mol. The normalized spacial score (nSPS) is 12.1. The highest BCUT2D eigenvalue weighted by molar-refractivity contribution is 7.92. The lowest BCUT2D eigenvalue weighted by Crippen LogP contribution is -2.35. The van der Waals surface area contributed by atoms with Gasteiger partial charge in [-0.3, -0.25) is 9.10 Å². The second-order valence-electron chi connectivity index (χ2n) is 7.32. The first-order valence-corrected chi connectivity index (χ1v) is 11.8. The van der Waals surface area contributed by atoms with Crippen LogP contribution in [0.3, 0.4) is 0 Å². The molecule has 1 N–H and O–H groups in total. The molecule has 7 nitrogen and oxygen atoms in total. The third-order valence-corrected chi connectivity index (χ3v) is 6.83. The zero-order valence-electron chi connectivity index (χ0n) is 18.4. The maximum atomic E-state index is 13.3. The molecule has 0 bridgehead atoms. The van der Waals surface area contributed by atoms with E-state index in [1.165, 1.54) is 16.4 Å². The molecular weight excluding hydrogens is 416 g/mol. The molecule has 31 heavy (non-hydrogen) atoms. The van der Waals surface area contributed by atoms with Crippen LogP contribution in [0.4, 0.5) is 5.69 Å². The Morgan fingerprint density at radius 1 is 1.10 bits per heavy atom. The summed E-state index contributed by atoms with van der Waals surface area (Å²) in [5.41, 5.74) is 1.12. The lowest BCUT2D eigenvalue weighted by atomic mass is 10.1. The number of nitrogens with zero attached hydrogens (tertiary/aromatic N) is 1. The first-order chi connectivity index (χ1) is 14.7. The highest BCUT2D eigenvalue weighted by atomic mass is 32.2. The molecule has 0 unspecified atom stereocenters. The summed E-state index contributed by atoms with van der Waals surface area (Å²) in [7, 11) is -3.90. The van der Waals surface area contributed by atoms with Gasteiger partial charge in [-0.05, 0) is 57.0 Å². The number of hydrogen-bond acceptors (Lipinski definition) is 5. The van der Waals surface area contributed by atoms with Gasteiger partial charge in [0.25, 0.3) is 15.9 Å². The molecule has 0 heterocycles. The molecule has 168 valence electrons. The van der Waals surface area contributed by atoms with Crippen LogP contribution in [0, 0.1) is 6.92 Å². The van der Waals surface area contributed by atoms with Crippen molar-refractivity contribution < 1.29 is 22.7 Å². The summed E-state index contributed by atoms with van der Waals surface area (Å²) in [6.45, 7) is 7.12. The van der Waals surface area contributed by atoms with E-state index in [4.69, 9.17) is 4.74 Å². The lowest BCUT2D eigenvalue weighted by molar-refractivity contribution is -0.124. The van der Waals surface area contributed by atoms with Crippen LogP contribution in [-0.2, 0) is 19.6 Å². The van der Waals surface area contributed by atoms with Crippen LogP contribution in [0.15, 0.2) is 53.4 Å². The lowest BCUT2D eigenvalue weighted by Gasteiger charge is -2.24. The number of ether oxygens (including phenoxy) is 1. The molecule has 0 aliphatic heterocycles. The van der Waals surface area contributed by atoms with E-state index in [9.17, 15) is 18.0 Å². The van der Waals surface area contributed by atoms with Crippen molar-refractivity contribution in [1.29, 1.82) is 0 Å². The number of carbonyl (C=O) groups is 2. The number of amides is 1. The van der Waals surface area contributed by atoms with E-state index in [1.54, 1.807) is 44.2 Å². The van der Waals surface area contributed by atoms with Crippen LogP contribution in [0.1, 0.15) is 49.5 Å². The molecule has 8 heteroatoms. The molecule has 2 rings (SSSR count). The molecule has 0 aliphatic rings. The zero-order valence-corrected chi connectivity index (χ0v) is 19.2. The van der Waals surface area contributed by atoms with E-state index in [-0.39, 0.29) is 23.0 Å². The van der Waals surface area contributed by atoms with E-state index >= 15 is 0 Å². The van der Waals surface area contributed by atoms with Crippen LogP contribution in [0.25, 0.3) is 0 Å². The Balaban J connectivity index is 2.21. The molecule has 0 saturated carbocycles. The van der Waals surface area contributed by atoms with Gasteiger partial charge >= 0.3 is 5.97 Å². The van der Waals surface area contributed by atoms with Gasteiger partial charge in [0.2, 0.25) is 0 Å². The Morgan fingerprint density at radius 2 is 1.77 bits per heavy atom. The fourth-order valence-electron chi connectivity index (χ4n) is 3.25. The smallest absolute Gasteiger partial charge is 0.338 e. The summed E-state index contributed by atoms with van der Waals surface area (Å²) in [5, 5.41) is 2.75. The molecule has 2 aromatic carbocycles. The first-order valence-electron chi connectivity index (χ1n) is 10.4. The van der Waals surface area contributed by atoms with E-state index < -0.39 is 28.5 Å². The van der Waals surface area contributed by atoms with E-state index in [0.29, 0.717) is 11.3 Å². The van der Waals surface area contributed by atoms with Crippen molar-refractivity contribution in [3.63, 3.8) is 0 Å². The van der Waals surface area contributed by atoms with Crippen LogP contribution in [0.5, 0.6) is 0 Å². The SMILES string of the molecule is CCC[C@H](C)NC(=O)COC(=O)c1ccc(C)c(S(=O)(=O)N(CC)c2ccccc2)c1. The Bertz CT molecular complexity index is 1010. The highest BCUT2D eigenvalue weighted by Gasteiger charge is 2.26. The average Bonchev–Trinajstić information content (AvgIpc) is 2.73. The second-order valence-corrected chi connectivity index (χ2v) is 9.15. The fraction of sp³-hybridized carbons (Fsp3) is 0.391. The molecule has 0 aromatic heterocycles. The maximum Gasteiger partial charge on any atom is 0.338 e. The molecule has 0 fully saturated rings. The molecule has 0 radical (unpaired) electrons.